The number of aromatic carboxylic acids is 2. The number of hydrogen-bond donors (Lipinski definition) is 6. The van der Waals surface area contributed by atoms with Gasteiger partial charge in [0.25, 0.3) is 0 Å². The van der Waals surface area contributed by atoms with Crippen LogP contribution in [0.2, 0.25) is 0 Å². The molecule has 0 radical (unpaired) electrons. The van der Waals surface area contributed by atoms with Gasteiger partial charge in [-0.1, -0.05) is 0 Å². The number of aryl methyl sites for hydroxylation is 4. The number of hydrogen-bond acceptors (Lipinski definition) is 12. The molecule has 4 aromatic rings. The fourth-order valence-electron chi connectivity index (χ4n) is 9.24. The number of fused-ring (bicyclic) bond motifs is 4. The second kappa shape index (κ2) is 24.6. The molecule has 0 amide bonds. The lowest BCUT2D eigenvalue weighted by Crippen LogP contribution is -2.10. The van der Waals surface area contributed by atoms with E-state index in [4.69, 9.17) is 28.5 Å². The molecule has 2 heterocycles. The van der Waals surface area contributed by atoms with E-state index < -0.39 is 23.9 Å². The first-order chi connectivity index (χ1) is 36.5. The SMILES string of the molecule is CCN=c1cc2oc3cc(NCC)c(C)cc3c(-c3cc(OCCCC(=O)O)ccc3C(=O)O)c-2cc1C.CCN=c1cc2oc3cc(NCC)c(C)cc3c(-c3ccc(OCCCC(=O)O)cc3C(=O)O)c-2cc1C. The fraction of sp³-hybridized carbons (Fsp3) is 0.300. The number of carbonyl (C=O) groups is 4. The second-order valence-electron chi connectivity index (χ2n) is 18.3. The van der Waals surface area contributed by atoms with E-state index in [0.29, 0.717) is 71.2 Å². The molecule has 4 aromatic carbocycles. The van der Waals surface area contributed by atoms with Crippen molar-refractivity contribution in [2.24, 2.45) is 9.98 Å². The zero-order valence-electron chi connectivity index (χ0n) is 44.1. The third-order valence-electron chi connectivity index (χ3n) is 12.7. The van der Waals surface area contributed by atoms with E-state index in [-0.39, 0.29) is 37.2 Å². The average Bonchev–Trinajstić information content (AvgIpc) is 3.37. The zero-order chi connectivity index (χ0) is 54.8. The Morgan fingerprint density at radius 1 is 0.500 bits per heavy atom. The lowest BCUT2D eigenvalue weighted by Gasteiger charge is -2.20. The maximum absolute atomic E-state index is 12.5. The summed E-state index contributed by atoms with van der Waals surface area (Å²) in [5, 5.41) is 48.0. The lowest BCUT2D eigenvalue weighted by atomic mass is 9.89. The van der Waals surface area contributed by atoms with Gasteiger partial charge in [0.15, 0.2) is 0 Å². The summed E-state index contributed by atoms with van der Waals surface area (Å²) in [6.45, 7) is 19.1. The van der Waals surface area contributed by atoms with Crippen LogP contribution in [0.5, 0.6) is 11.5 Å². The molecule has 16 heteroatoms. The van der Waals surface area contributed by atoms with E-state index in [2.05, 4.69) is 20.6 Å². The number of carboxylic acid groups (broad SMARTS) is 4. The summed E-state index contributed by atoms with van der Waals surface area (Å²) in [5.41, 5.74) is 11.4. The van der Waals surface area contributed by atoms with Crippen LogP contribution in [0.4, 0.5) is 11.4 Å². The monoisotopic (exact) mass is 1030 g/mol. The lowest BCUT2D eigenvalue weighted by molar-refractivity contribution is -0.138. The van der Waals surface area contributed by atoms with Crippen LogP contribution in [-0.4, -0.2) is 83.7 Å². The largest absolute Gasteiger partial charge is 0.494 e. The van der Waals surface area contributed by atoms with Crippen molar-refractivity contribution in [2.75, 3.05) is 50.0 Å². The third-order valence-corrected chi connectivity index (χ3v) is 12.7. The fourth-order valence-corrected chi connectivity index (χ4v) is 9.24. The summed E-state index contributed by atoms with van der Waals surface area (Å²) < 4.78 is 24.3. The van der Waals surface area contributed by atoms with E-state index in [9.17, 15) is 29.4 Å². The van der Waals surface area contributed by atoms with Gasteiger partial charge >= 0.3 is 23.9 Å². The average molecular weight is 1030 g/mol. The van der Waals surface area contributed by atoms with Crippen molar-refractivity contribution in [1.29, 1.82) is 0 Å². The van der Waals surface area contributed by atoms with E-state index in [1.165, 1.54) is 12.1 Å². The molecule has 16 nitrogen and oxygen atoms in total. The molecule has 4 aliphatic rings. The highest BCUT2D eigenvalue weighted by Crippen LogP contribution is 2.45. The van der Waals surface area contributed by atoms with Gasteiger partial charge in [-0.15, -0.1) is 0 Å². The first-order valence-electron chi connectivity index (χ1n) is 25.4. The van der Waals surface area contributed by atoms with Crippen molar-refractivity contribution in [1.82, 2.24) is 0 Å². The van der Waals surface area contributed by atoms with Gasteiger partial charge in [-0.05, 0) is 157 Å². The second-order valence-corrected chi connectivity index (χ2v) is 18.3. The predicted molar refractivity (Wildman–Crippen MR) is 295 cm³/mol. The number of nitrogens with one attached hydrogen (secondary N) is 2. The number of ether oxygens (including phenoxy) is 2. The van der Waals surface area contributed by atoms with Gasteiger partial charge in [-0.3, -0.25) is 19.6 Å². The molecule has 0 atom stereocenters. The zero-order valence-corrected chi connectivity index (χ0v) is 44.1. The molecule has 396 valence electrons. The first-order valence-corrected chi connectivity index (χ1v) is 25.4. The number of rotatable bonds is 20. The molecule has 0 aromatic heterocycles. The van der Waals surface area contributed by atoms with Crippen LogP contribution in [0.15, 0.2) is 104 Å². The van der Waals surface area contributed by atoms with Crippen LogP contribution in [0.1, 0.15) is 96.3 Å². The van der Waals surface area contributed by atoms with Crippen LogP contribution in [0, 0.1) is 27.7 Å². The Kier molecular flexibility index (Phi) is 17.8. The molecule has 0 spiro atoms. The molecule has 0 unspecified atom stereocenters. The van der Waals surface area contributed by atoms with E-state index >= 15 is 0 Å². The minimum absolute atomic E-state index is 0.00659. The molecule has 76 heavy (non-hydrogen) atoms. The Balaban J connectivity index is 0.000000221. The Morgan fingerprint density at radius 2 is 0.947 bits per heavy atom. The summed E-state index contributed by atoms with van der Waals surface area (Å²) in [4.78, 5) is 55.7. The minimum atomic E-state index is -1.09. The Bertz CT molecular complexity index is 3570. The number of aliphatic carboxylic acids is 2. The molecule has 6 N–H and O–H groups in total. The Labute approximate surface area is 440 Å². The third kappa shape index (κ3) is 12.5. The van der Waals surface area contributed by atoms with Gasteiger partial charge in [0.2, 0.25) is 0 Å². The van der Waals surface area contributed by atoms with Gasteiger partial charge < -0.3 is 49.4 Å². The molecule has 2 aliphatic heterocycles. The van der Waals surface area contributed by atoms with Gasteiger partial charge in [0.1, 0.15) is 34.2 Å². The summed E-state index contributed by atoms with van der Waals surface area (Å²) in [5.74, 6) is -1.89. The van der Waals surface area contributed by atoms with Crippen LogP contribution in [0.3, 0.4) is 0 Å². The highest BCUT2D eigenvalue weighted by molar-refractivity contribution is 6.10. The van der Waals surface area contributed by atoms with Crippen molar-refractivity contribution in [3.8, 4) is 56.4 Å². The number of benzene rings is 6. The Hall–Kier alpha value is -8.66. The maximum Gasteiger partial charge on any atom is 0.336 e. The van der Waals surface area contributed by atoms with Crippen LogP contribution in [0.25, 0.3) is 66.8 Å². The number of carboxylic acids is 4. The molecule has 0 saturated heterocycles. The minimum Gasteiger partial charge on any atom is -0.494 e. The van der Waals surface area contributed by atoms with Crippen molar-refractivity contribution in [3.63, 3.8) is 0 Å². The van der Waals surface area contributed by atoms with Gasteiger partial charge in [-0.2, -0.15) is 0 Å². The molecule has 2 aliphatic carbocycles. The maximum atomic E-state index is 12.5. The number of anilines is 2. The smallest absolute Gasteiger partial charge is 0.336 e. The summed E-state index contributed by atoms with van der Waals surface area (Å²) in [6, 6.07) is 25.5. The highest BCUT2D eigenvalue weighted by atomic mass is 16.5. The van der Waals surface area contributed by atoms with E-state index in [1.54, 1.807) is 24.3 Å². The van der Waals surface area contributed by atoms with E-state index in [1.807, 2.05) is 104 Å². The van der Waals surface area contributed by atoms with Crippen LogP contribution >= 0.6 is 0 Å². The first kappa shape index (κ1) is 55.1. The predicted octanol–water partition coefficient (Wildman–Crippen LogP) is 12.2. The molecule has 8 rings (SSSR count). The normalized spacial score (nSPS) is 11.7. The molecular weight excluding hydrogens is 969 g/mol. The molecule has 0 saturated carbocycles. The van der Waals surface area contributed by atoms with Crippen molar-refractivity contribution in [3.05, 3.63) is 129 Å². The van der Waals surface area contributed by atoms with Crippen LogP contribution in [-0.2, 0) is 9.59 Å². The molecule has 0 fully saturated rings. The standard InChI is InChI=1S/2C30H32N2O6/c1-5-31-24-15-26-22(12-17(24)3)29(23-13-18(4)25(32-6-2)16-27(23)38-26)21-14-19(9-10-20(21)30(35)36)37-11-7-8-28(33)34;1-5-31-24-15-26-22(12-17(24)3)29(23-13-18(4)25(32-6-2)16-27(23)38-26)20-10-9-19(14-21(20)30(35)36)37-11-7-8-28(33)34/h2*9-10,12-16,31H,5-8,11H2,1-4H3,(H,33,34)(H,35,36). The topological polar surface area (TPSA) is 243 Å². The van der Waals surface area contributed by atoms with Crippen LogP contribution < -0.4 is 30.8 Å². The number of nitrogens with zero attached hydrogens (tertiary/aromatic N) is 2. The van der Waals surface area contributed by atoms with Crippen molar-refractivity contribution in [2.45, 2.75) is 81.1 Å². The van der Waals surface area contributed by atoms with Gasteiger partial charge in [-0.25, -0.2) is 9.59 Å². The van der Waals surface area contributed by atoms with Gasteiger partial charge in [0, 0.05) is 113 Å². The van der Waals surface area contributed by atoms with Crippen molar-refractivity contribution >= 4 is 57.2 Å². The quantitative estimate of drug-likeness (QED) is 0.0307. The van der Waals surface area contributed by atoms with Gasteiger partial charge in [0.05, 0.1) is 35.1 Å². The summed E-state index contributed by atoms with van der Waals surface area (Å²) in [6.07, 6.45) is 0.645. The Morgan fingerprint density at radius 3 is 1.38 bits per heavy atom. The summed E-state index contributed by atoms with van der Waals surface area (Å²) in [7, 11) is 0. The molecule has 0 bridgehead atoms. The molecular formula is C60H64N4O12. The van der Waals surface area contributed by atoms with Crippen molar-refractivity contribution < 1.29 is 57.9 Å². The van der Waals surface area contributed by atoms with E-state index in [0.717, 1.165) is 90.5 Å². The summed E-state index contributed by atoms with van der Waals surface area (Å²) >= 11 is 0. The highest BCUT2D eigenvalue weighted by Gasteiger charge is 2.26.